The average Bonchev–Trinajstić information content (AvgIpc) is 3.58. The van der Waals surface area contributed by atoms with Crippen molar-refractivity contribution in [2.75, 3.05) is 20.3 Å². The highest BCUT2D eigenvalue weighted by Gasteiger charge is 2.39. The number of carbonyl (C=O) groups is 1. The molecule has 4 rings (SSSR count). The van der Waals surface area contributed by atoms with Gasteiger partial charge in [0, 0.05) is 13.7 Å². The van der Waals surface area contributed by atoms with Crippen molar-refractivity contribution in [2.24, 2.45) is 23.7 Å². The van der Waals surface area contributed by atoms with Gasteiger partial charge in [0.05, 0.1) is 0 Å². The summed E-state index contributed by atoms with van der Waals surface area (Å²) in [5.41, 5.74) is 2.86. The lowest BCUT2D eigenvalue weighted by Gasteiger charge is -2.32. The molecule has 0 heterocycles. The number of ether oxygens (including phenoxy) is 1. The zero-order valence-electron chi connectivity index (χ0n) is 20.4. The molecule has 4 heteroatoms. The molecule has 0 aliphatic heterocycles. The summed E-state index contributed by atoms with van der Waals surface area (Å²) >= 11 is 0. The third-order valence-electron chi connectivity index (χ3n) is 7.84. The highest BCUT2D eigenvalue weighted by atomic mass is 16.5. The average molecular weight is 444 g/mol. The summed E-state index contributed by atoms with van der Waals surface area (Å²) in [5, 5.41) is 10.0. The Hall–Kier alpha value is -1.55. The summed E-state index contributed by atoms with van der Waals surface area (Å²) in [5.74, 6) is 4.29. The second kappa shape index (κ2) is 13.2. The molecule has 1 aromatic carbocycles. The summed E-state index contributed by atoms with van der Waals surface area (Å²) in [6.45, 7) is 3.26. The van der Waals surface area contributed by atoms with Crippen LogP contribution in [0.5, 0.6) is 5.75 Å². The lowest BCUT2D eigenvalue weighted by atomic mass is 9.73. The quantitative estimate of drug-likeness (QED) is 0.408. The number of fused-ring (bicyclic) bond motifs is 2. The first-order valence-corrected chi connectivity index (χ1v) is 13.2. The normalized spacial score (nSPS) is 23.5. The summed E-state index contributed by atoms with van der Waals surface area (Å²) in [6.07, 6.45) is 17.5. The van der Waals surface area contributed by atoms with E-state index in [-0.39, 0.29) is 12.5 Å². The largest absolute Gasteiger partial charge is 0.483 e. The first kappa shape index (κ1) is 25.1. The molecule has 180 valence electrons. The van der Waals surface area contributed by atoms with Crippen LogP contribution in [-0.4, -0.2) is 31.3 Å². The molecule has 0 aromatic heterocycles. The van der Waals surface area contributed by atoms with Crippen LogP contribution < -0.4 is 10.1 Å². The smallest absolute Gasteiger partial charge is 0.257 e. The number of nitrogens with one attached hydrogen (secondary N) is 1. The Morgan fingerprint density at radius 3 is 2.59 bits per heavy atom. The zero-order chi connectivity index (χ0) is 22.8. The second-order valence-corrected chi connectivity index (χ2v) is 10.2. The van der Waals surface area contributed by atoms with Crippen LogP contribution in [0.25, 0.3) is 0 Å². The molecule has 3 aliphatic rings. The fourth-order valence-corrected chi connectivity index (χ4v) is 5.83. The van der Waals surface area contributed by atoms with Gasteiger partial charge in [-0.1, -0.05) is 64.0 Å². The van der Waals surface area contributed by atoms with Gasteiger partial charge in [0.2, 0.25) is 0 Å². The Kier molecular flexibility index (Phi) is 10.4. The lowest BCUT2D eigenvalue weighted by Crippen LogP contribution is -2.31. The molecule has 2 saturated carbocycles. The highest BCUT2D eigenvalue weighted by Crippen LogP contribution is 2.48. The molecule has 0 radical (unpaired) electrons. The number of aliphatic hydroxyl groups excluding tert-OH is 1. The Labute approximate surface area is 195 Å². The van der Waals surface area contributed by atoms with Gasteiger partial charge in [-0.25, -0.2) is 0 Å². The number of hydrogen-bond donors (Lipinski definition) is 2. The molecule has 3 aliphatic carbocycles. The molecule has 3 atom stereocenters. The van der Waals surface area contributed by atoms with Gasteiger partial charge in [-0.15, -0.1) is 0 Å². The predicted molar refractivity (Wildman–Crippen MR) is 131 cm³/mol. The van der Waals surface area contributed by atoms with E-state index in [0.29, 0.717) is 5.92 Å². The first-order valence-electron chi connectivity index (χ1n) is 13.2. The Bertz CT molecular complexity index is 700. The number of unbranched alkanes of at least 4 members (excludes halogenated alkanes) is 5. The maximum Gasteiger partial charge on any atom is 0.257 e. The van der Waals surface area contributed by atoms with Crippen LogP contribution in [0.1, 0.15) is 88.7 Å². The van der Waals surface area contributed by atoms with E-state index in [0.717, 1.165) is 43.6 Å². The summed E-state index contributed by atoms with van der Waals surface area (Å²) in [6, 6.07) is 6.48. The van der Waals surface area contributed by atoms with E-state index in [4.69, 9.17) is 9.84 Å². The topological polar surface area (TPSA) is 58.6 Å². The number of benzene rings is 1. The summed E-state index contributed by atoms with van der Waals surface area (Å²) in [7, 11) is 1.00. The van der Waals surface area contributed by atoms with Crippen LogP contribution in [0.3, 0.4) is 0 Å². The lowest BCUT2D eigenvalue weighted by molar-refractivity contribution is -0.123. The molecule has 1 amide bonds. The predicted octanol–water partition coefficient (Wildman–Crippen LogP) is 5.69. The minimum Gasteiger partial charge on any atom is -0.483 e. The van der Waals surface area contributed by atoms with Crippen LogP contribution in [0.4, 0.5) is 0 Å². The van der Waals surface area contributed by atoms with E-state index in [1.54, 1.807) is 0 Å². The van der Waals surface area contributed by atoms with E-state index >= 15 is 0 Å². The number of aliphatic hydroxyl groups is 1. The van der Waals surface area contributed by atoms with Crippen molar-refractivity contribution in [1.29, 1.82) is 0 Å². The van der Waals surface area contributed by atoms with E-state index in [2.05, 4.69) is 30.4 Å². The van der Waals surface area contributed by atoms with Crippen LogP contribution in [0, 0.1) is 23.7 Å². The second-order valence-electron chi connectivity index (χ2n) is 10.2. The van der Waals surface area contributed by atoms with Gasteiger partial charge in [0.15, 0.2) is 6.61 Å². The minimum atomic E-state index is 0.0213. The number of rotatable bonds is 12. The van der Waals surface area contributed by atoms with Crippen LogP contribution >= 0.6 is 0 Å². The van der Waals surface area contributed by atoms with Gasteiger partial charge in [-0.05, 0) is 79.4 Å². The van der Waals surface area contributed by atoms with Crippen molar-refractivity contribution < 1.29 is 14.6 Å². The van der Waals surface area contributed by atoms with Crippen molar-refractivity contribution >= 4 is 5.91 Å². The number of carbonyl (C=O) groups excluding carboxylic acids is 1. The Morgan fingerprint density at radius 1 is 1.03 bits per heavy atom. The molecule has 32 heavy (non-hydrogen) atoms. The molecule has 0 saturated heterocycles. The van der Waals surface area contributed by atoms with Gasteiger partial charge in [-0.2, -0.15) is 0 Å². The van der Waals surface area contributed by atoms with Crippen molar-refractivity contribution in [1.82, 2.24) is 5.32 Å². The van der Waals surface area contributed by atoms with Crippen molar-refractivity contribution in [3.63, 3.8) is 0 Å². The van der Waals surface area contributed by atoms with Gasteiger partial charge in [0.1, 0.15) is 5.75 Å². The van der Waals surface area contributed by atoms with Crippen LogP contribution in [0.15, 0.2) is 18.2 Å². The third-order valence-corrected chi connectivity index (χ3v) is 7.84. The fraction of sp³-hybridized carbons (Fsp3) is 0.750. The van der Waals surface area contributed by atoms with Crippen molar-refractivity contribution in [2.45, 2.75) is 90.4 Å². The molecule has 0 bridgehead atoms. The SMILES string of the molecule is CCCCCCCCC1CCC2Cc3c(cccc3OCC(=O)NCC3CC3)CC12.CO. The first-order chi connectivity index (χ1) is 15.7. The van der Waals surface area contributed by atoms with Gasteiger partial charge < -0.3 is 15.2 Å². The number of amides is 1. The molecular formula is C28H45NO3. The molecule has 3 unspecified atom stereocenters. The van der Waals surface area contributed by atoms with E-state index in [1.807, 2.05) is 0 Å². The molecule has 1 aromatic rings. The van der Waals surface area contributed by atoms with Crippen molar-refractivity contribution in [3.8, 4) is 5.75 Å². The fourth-order valence-electron chi connectivity index (χ4n) is 5.83. The highest BCUT2D eigenvalue weighted by molar-refractivity contribution is 5.77. The molecular weight excluding hydrogens is 398 g/mol. The number of hydrogen-bond acceptors (Lipinski definition) is 3. The molecule has 2 N–H and O–H groups in total. The van der Waals surface area contributed by atoms with Gasteiger partial charge in [-0.3, -0.25) is 4.79 Å². The van der Waals surface area contributed by atoms with E-state index in [1.165, 1.54) is 88.2 Å². The molecule has 2 fully saturated rings. The summed E-state index contributed by atoms with van der Waals surface area (Å²) < 4.78 is 5.99. The Balaban J connectivity index is 0.00000141. The van der Waals surface area contributed by atoms with Gasteiger partial charge in [0.25, 0.3) is 5.91 Å². The molecule has 4 nitrogen and oxygen atoms in total. The summed E-state index contributed by atoms with van der Waals surface area (Å²) in [4.78, 5) is 12.1. The van der Waals surface area contributed by atoms with Crippen LogP contribution in [0.2, 0.25) is 0 Å². The minimum absolute atomic E-state index is 0.0213. The Morgan fingerprint density at radius 2 is 1.81 bits per heavy atom. The van der Waals surface area contributed by atoms with E-state index < -0.39 is 0 Å². The monoisotopic (exact) mass is 443 g/mol. The zero-order valence-corrected chi connectivity index (χ0v) is 20.4. The maximum atomic E-state index is 12.1. The molecule has 0 spiro atoms. The van der Waals surface area contributed by atoms with Crippen molar-refractivity contribution in [3.05, 3.63) is 29.3 Å². The maximum absolute atomic E-state index is 12.1. The van der Waals surface area contributed by atoms with Crippen LogP contribution in [-0.2, 0) is 17.6 Å². The standard InChI is InChI=1S/C27H41NO2.CH4O/c1-2-3-4-5-6-7-9-21-14-15-23-17-25-22(16-24(21)23)10-8-11-26(25)30-19-27(29)28-18-20-12-13-20;1-2/h8,10-11,20-21,23-24H,2-7,9,12-19H2,1H3,(H,28,29);2H,1H3. The van der Waals surface area contributed by atoms with E-state index in [9.17, 15) is 4.79 Å². The third kappa shape index (κ3) is 7.23. The van der Waals surface area contributed by atoms with Gasteiger partial charge >= 0.3 is 0 Å².